The van der Waals surface area contributed by atoms with Crippen molar-refractivity contribution < 1.29 is 22.8 Å². The fraction of sp³-hybridized carbons (Fsp3) is 0.667. The molecular weight excluding hydrogens is 292 g/mol. The maximum absolute atomic E-state index is 12.1. The molecule has 0 aromatic rings. The van der Waals surface area contributed by atoms with Crippen LogP contribution in [-0.4, -0.2) is 37.3 Å². The van der Waals surface area contributed by atoms with E-state index in [-0.39, 0.29) is 54.0 Å². The van der Waals surface area contributed by atoms with Crippen LogP contribution < -0.4 is 0 Å². The zero-order valence-corrected chi connectivity index (χ0v) is 12.9. The Morgan fingerprint density at radius 2 is 1.86 bits per heavy atom. The van der Waals surface area contributed by atoms with Gasteiger partial charge in [-0.05, 0) is 18.8 Å². The third-order valence-electron chi connectivity index (χ3n) is 4.10. The minimum absolute atomic E-state index is 0.0637. The van der Waals surface area contributed by atoms with Gasteiger partial charge in [0, 0.05) is 19.3 Å². The van der Waals surface area contributed by atoms with Gasteiger partial charge in [0.05, 0.1) is 11.5 Å². The molecule has 2 rings (SSSR count). The Kier molecular flexibility index (Phi) is 4.76. The van der Waals surface area contributed by atoms with Crippen molar-refractivity contribution in [2.24, 2.45) is 11.8 Å². The summed E-state index contributed by atoms with van der Waals surface area (Å²) in [5.74, 6) is -2.38. The number of hydrogen-bond acceptors (Lipinski definition) is 5. The smallest absolute Gasteiger partial charge is 0.154 e. The molecule has 116 valence electrons. The topological polar surface area (TPSA) is 85.3 Å². The van der Waals surface area contributed by atoms with Crippen LogP contribution in [0.2, 0.25) is 0 Å². The number of allylic oxidation sites excluding steroid dienone is 1. The second-order valence-corrected chi connectivity index (χ2v) is 8.03. The van der Waals surface area contributed by atoms with Crippen LogP contribution in [0.1, 0.15) is 39.0 Å². The van der Waals surface area contributed by atoms with E-state index in [1.807, 2.05) is 13.0 Å². The summed E-state index contributed by atoms with van der Waals surface area (Å²) in [6.45, 7) is 1.83. The number of carbonyl (C=O) groups is 3. The van der Waals surface area contributed by atoms with Crippen LogP contribution in [-0.2, 0) is 24.2 Å². The van der Waals surface area contributed by atoms with E-state index < -0.39 is 15.8 Å². The van der Waals surface area contributed by atoms with Crippen LogP contribution in [0.5, 0.6) is 0 Å². The molecule has 0 unspecified atom stereocenters. The van der Waals surface area contributed by atoms with Gasteiger partial charge in [0.2, 0.25) is 0 Å². The highest BCUT2D eigenvalue weighted by molar-refractivity contribution is 7.91. The van der Waals surface area contributed by atoms with Crippen LogP contribution in [0.3, 0.4) is 0 Å². The van der Waals surface area contributed by atoms with Gasteiger partial charge in [-0.3, -0.25) is 14.4 Å². The van der Waals surface area contributed by atoms with Crippen LogP contribution >= 0.6 is 0 Å². The summed E-state index contributed by atoms with van der Waals surface area (Å²) in [7, 11) is -3.11. The molecule has 0 bridgehead atoms. The van der Waals surface area contributed by atoms with Gasteiger partial charge in [0.25, 0.3) is 0 Å². The fourth-order valence-electron chi connectivity index (χ4n) is 3.08. The van der Waals surface area contributed by atoms with Crippen LogP contribution in [0.4, 0.5) is 0 Å². The summed E-state index contributed by atoms with van der Waals surface area (Å²) < 4.78 is 23.3. The van der Waals surface area contributed by atoms with Crippen molar-refractivity contribution in [3.05, 3.63) is 11.6 Å². The van der Waals surface area contributed by atoms with Crippen LogP contribution in [0.15, 0.2) is 11.6 Å². The van der Waals surface area contributed by atoms with E-state index in [9.17, 15) is 22.8 Å². The molecule has 5 nitrogen and oxygen atoms in total. The molecule has 1 heterocycles. The van der Waals surface area contributed by atoms with E-state index in [2.05, 4.69) is 0 Å². The normalized spacial score (nSPS) is 29.1. The Balaban J connectivity index is 2.12. The van der Waals surface area contributed by atoms with Gasteiger partial charge in [-0.25, -0.2) is 8.42 Å². The molecule has 1 aliphatic carbocycles. The minimum Gasteiger partial charge on any atom is -0.298 e. The average molecular weight is 312 g/mol. The average Bonchev–Trinajstić information content (AvgIpc) is 2.37. The predicted octanol–water partition coefficient (Wildman–Crippen LogP) is 1.26. The molecule has 6 heteroatoms. The maximum Gasteiger partial charge on any atom is 0.154 e. The summed E-state index contributed by atoms with van der Waals surface area (Å²) in [4.78, 5) is 36.1. The van der Waals surface area contributed by atoms with Gasteiger partial charge in [-0.1, -0.05) is 18.6 Å². The first kappa shape index (κ1) is 16.1. The van der Waals surface area contributed by atoms with Crippen molar-refractivity contribution in [2.75, 3.05) is 11.5 Å². The highest BCUT2D eigenvalue weighted by Gasteiger charge is 2.41. The molecule has 0 aromatic carbocycles. The van der Waals surface area contributed by atoms with Crippen molar-refractivity contribution in [1.29, 1.82) is 0 Å². The van der Waals surface area contributed by atoms with Gasteiger partial charge in [-0.15, -0.1) is 0 Å². The standard InChI is InChI=1S/C15H20O5S/c1-2-4-12(16)15-13(17)7-11(8-14(15)18)10-5-3-6-21(19,20)9-10/h5,11,15H,2-4,6-9H2,1H3. The lowest BCUT2D eigenvalue weighted by atomic mass is 9.74. The van der Waals surface area contributed by atoms with Gasteiger partial charge in [0.1, 0.15) is 5.92 Å². The first-order chi connectivity index (χ1) is 9.84. The third kappa shape index (κ3) is 3.67. The first-order valence-corrected chi connectivity index (χ1v) is 9.13. The molecule has 0 saturated heterocycles. The minimum atomic E-state index is -3.11. The number of ketones is 3. The molecular formula is C15H20O5S. The summed E-state index contributed by atoms with van der Waals surface area (Å²) >= 11 is 0. The maximum atomic E-state index is 12.1. The zero-order chi connectivity index (χ0) is 15.6. The van der Waals surface area contributed by atoms with Crippen LogP contribution in [0.25, 0.3) is 0 Å². The van der Waals surface area contributed by atoms with E-state index >= 15 is 0 Å². The Hall–Kier alpha value is -1.30. The Morgan fingerprint density at radius 1 is 1.24 bits per heavy atom. The second kappa shape index (κ2) is 6.22. The summed E-state index contributed by atoms with van der Waals surface area (Å²) in [6.07, 6.45) is 3.34. The summed E-state index contributed by atoms with van der Waals surface area (Å²) in [5.41, 5.74) is 0.671. The lowest BCUT2D eigenvalue weighted by molar-refractivity contribution is -0.143. The Labute approximate surface area is 124 Å². The van der Waals surface area contributed by atoms with E-state index in [0.29, 0.717) is 18.4 Å². The molecule has 1 aliphatic heterocycles. The highest BCUT2D eigenvalue weighted by atomic mass is 32.2. The highest BCUT2D eigenvalue weighted by Crippen LogP contribution is 2.32. The van der Waals surface area contributed by atoms with E-state index in [1.165, 1.54) is 0 Å². The lowest BCUT2D eigenvalue weighted by Crippen LogP contribution is -2.40. The molecule has 0 atom stereocenters. The lowest BCUT2D eigenvalue weighted by Gasteiger charge is -2.28. The number of hydrogen-bond donors (Lipinski definition) is 0. The molecule has 1 saturated carbocycles. The molecule has 0 aromatic heterocycles. The number of sulfone groups is 1. The van der Waals surface area contributed by atoms with Crippen molar-refractivity contribution in [1.82, 2.24) is 0 Å². The van der Waals surface area contributed by atoms with Gasteiger partial charge in [0.15, 0.2) is 27.2 Å². The number of Topliss-reactive ketones (excluding diaryl/α,β-unsaturated/α-hetero) is 3. The van der Waals surface area contributed by atoms with Gasteiger partial charge < -0.3 is 0 Å². The summed E-state index contributed by atoms with van der Waals surface area (Å²) in [5, 5.41) is 0. The number of carbonyl (C=O) groups excluding carboxylic acids is 3. The van der Waals surface area contributed by atoms with Crippen molar-refractivity contribution in [3.63, 3.8) is 0 Å². The molecule has 0 N–H and O–H groups in total. The SMILES string of the molecule is CCCC(=O)C1C(=O)CC(C2=CCCS(=O)(=O)C2)CC1=O. The molecule has 0 radical (unpaired) electrons. The summed E-state index contributed by atoms with van der Waals surface area (Å²) in [6, 6.07) is 0. The van der Waals surface area contributed by atoms with Crippen LogP contribution in [0, 0.1) is 11.8 Å². The van der Waals surface area contributed by atoms with Crippen molar-refractivity contribution >= 4 is 27.2 Å². The van der Waals surface area contributed by atoms with Gasteiger partial charge in [-0.2, -0.15) is 0 Å². The number of rotatable bonds is 4. The second-order valence-electron chi connectivity index (χ2n) is 5.85. The monoisotopic (exact) mass is 312 g/mol. The predicted molar refractivity (Wildman–Crippen MR) is 77.5 cm³/mol. The molecule has 21 heavy (non-hydrogen) atoms. The third-order valence-corrected chi connectivity index (χ3v) is 5.73. The molecule has 0 spiro atoms. The molecule has 1 fully saturated rings. The Bertz CT molecular complexity index is 582. The largest absolute Gasteiger partial charge is 0.298 e. The van der Waals surface area contributed by atoms with E-state index in [4.69, 9.17) is 0 Å². The molecule has 2 aliphatic rings. The zero-order valence-electron chi connectivity index (χ0n) is 12.1. The van der Waals surface area contributed by atoms with Gasteiger partial charge >= 0.3 is 0 Å². The molecule has 0 amide bonds. The first-order valence-electron chi connectivity index (χ1n) is 7.31. The van der Waals surface area contributed by atoms with E-state index in [1.54, 1.807) is 0 Å². The Morgan fingerprint density at radius 3 is 2.38 bits per heavy atom. The quantitative estimate of drug-likeness (QED) is 0.576. The van der Waals surface area contributed by atoms with Crippen molar-refractivity contribution in [3.8, 4) is 0 Å². The van der Waals surface area contributed by atoms with Crippen molar-refractivity contribution in [2.45, 2.75) is 39.0 Å². The van der Waals surface area contributed by atoms with E-state index in [0.717, 1.165) is 0 Å². The fourth-order valence-corrected chi connectivity index (χ4v) is 4.56.